The molecular weight excluding hydrogens is 361 g/mol. The van der Waals surface area contributed by atoms with Crippen LogP contribution in [0.3, 0.4) is 0 Å². The van der Waals surface area contributed by atoms with E-state index in [1.165, 1.54) is 23.9 Å². The first-order valence-electron chi connectivity index (χ1n) is 8.75. The minimum Gasteiger partial charge on any atom is -0.469 e. The molecular formula is C21H20FN3O3. The Morgan fingerprint density at radius 3 is 2.43 bits per heavy atom. The van der Waals surface area contributed by atoms with Gasteiger partial charge in [0.1, 0.15) is 11.5 Å². The number of esters is 1. The number of aryl methyl sites for hydroxylation is 1. The Hall–Kier alpha value is -3.48. The molecule has 0 aliphatic rings. The number of nitrogens with zero attached hydrogens (tertiary/aromatic N) is 2. The molecule has 0 unspecified atom stereocenters. The lowest BCUT2D eigenvalue weighted by atomic mass is 10.1. The van der Waals surface area contributed by atoms with Crippen molar-refractivity contribution in [3.63, 3.8) is 0 Å². The number of nitrogens with one attached hydrogen (secondary N) is 1. The smallest absolute Gasteiger partial charge is 0.307 e. The average Bonchev–Trinajstić information content (AvgIpc) is 3.14. The van der Waals surface area contributed by atoms with Crippen LogP contribution in [0.15, 0.2) is 54.7 Å². The Morgan fingerprint density at radius 2 is 1.79 bits per heavy atom. The molecule has 1 N–H and O–H groups in total. The fraction of sp³-hybridized carbons (Fsp3) is 0.190. The lowest BCUT2D eigenvalue weighted by molar-refractivity contribution is -0.140. The number of rotatable bonds is 6. The average molecular weight is 381 g/mol. The van der Waals surface area contributed by atoms with Crippen molar-refractivity contribution >= 4 is 11.9 Å². The lowest BCUT2D eigenvalue weighted by Crippen LogP contribution is -2.26. The van der Waals surface area contributed by atoms with Gasteiger partial charge in [0.05, 0.1) is 24.8 Å². The maximum Gasteiger partial charge on any atom is 0.307 e. The summed E-state index contributed by atoms with van der Waals surface area (Å²) in [4.78, 5) is 23.9. The molecule has 7 heteroatoms. The molecule has 28 heavy (non-hydrogen) atoms. The van der Waals surface area contributed by atoms with Crippen molar-refractivity contribution in [3.8, 4) is 16.9 Å². The highest BCUT2D eigenvalue weighted by atomic mass is 19.1. The van der Waals surface area contributed by atoms with Crippen LogP contribution in [0.4, 0.5) is 4.39 Å². The fourth-order valence-electron chi connectivity index (χ4n) is 2.67. The number of halogens is 1. The van der Waals surface area contributed by atoms with E-state index in [1.807, 2.05) is 31.2 Å². The second-order valence-corrected chi connectivity index (χ2v) is 6.26. The molecule has 0 aliphatic heterocycles. The Morgan fingerprint density at radius 1 is 1.11 bits per heavy atom. The number of methoxy groups -OCH3 is 1. The molecule has 1 heterocycles. The van der Waals surface area contributed by atoms with E-state index in [9.17, 15) is 14.0 Å². The first-order chi connectivity index (χ1) is 13.5. The molecule has 1 aromatic heterocycles. The minimum atomic E-state index is -0.402. The highest BCUT2D eigenvalue weighted by Gasteiger charge is 2.19. The van der Waals surface area contributed by atoms with Gasteiger partial charge in [-0.3, -0.25) is 9.59 Å². The van der Waals surface area contributed by atoms with Gasteiger partial charge in [0.2, 0.25) is 0 Å². The molecule has 0 radical (unpaired) electrons. The normalized spacial score (nSPS) is 10.5. The SMILES string of the molecule is COC(=O)CCNC(=O)c1cn(-c2ccc(F)cc2)nc1-c1ccc(C)cc1. The van der Waals surface area contributed by atoms with Crippen LogP contribution in [0.5, 0.6) is 0 Å². The topological polar surface area (TPSA) is 73.2 Å². The van der Waals surface area contributed by atoms with Crippen LogP contribution in [0.2, 0.25) is 0 Å². The number of benzene rings is 2. The molecule has 2 aromatic carbocycles. The van der Waals surface area contributed by atoms with E-state index in [2.05, 4.69) is 15.2 Å². The van der Waals surface area contributed by atoms with Gasteiger partial charge in [-0.1, -0.05) is 29.8 Å². The molecule has 0 saturated heterocycles. The molecule has 0 bridgehead atoms. The van der Waals surface area contributed by atoms with Gasteiger partial charge < -0.3 is 10.1 Å². The van der Waals surface area contributed by atoms with E-state index in [4.69, 9.17) is 0 Å². The predicted molar refractivity (Wildman–Crippen MR) is 103 cm³/mol. The summed E-state index contributed by atoms with van der Waals surface area (Å²) in [6.45, 7) is 2.13. The fourth-order valence-corrected chi connectivity index (χ4v) is 2.67. The molecule has 0 aliphatic carbocycles. The summed E-state index contributed by atoms with van der Waals surface area (Å²) in [6, 6.07) is 13.5. The zero-order valence-electron chi connectivity index (χ0n) is 15.6. The molecule has 0 saturated carbocycles. The molecule has 0 atom stereocenters. The van der Waals surface area contributed by atoms with Crippen LogP contribution < -0.4 is 5.32 Å². The van der Waals surface area contributed by atoms with Crippen LogP contribution >= 0.6 is 0 Å². The lowest BCUT2D eigenvalue weighted by Gasteiger charge is -2.05. The number of hydrogen-bond acceptors (Lipinski definition) is 4. The molecule has 3 rings (SSSR count). The zero-order valence-corrected chi connectivity index (χ0v) is 15.6. The van der Waals surface area contributed by atoms with Gasteiger partial charge in [0.25, 0.3) is 5.91 Å². The number of carbonyl (C=O) groups is 2. The number of aromatic nitrogens is 2. The maximum absolute atomic E-state index is 13.2. The van der Waals surface area contributed by atoms with Gasteiger partial charge in [-0.25, -0.2) is 9.07 Å². The first-order valence-corrected chi connectivity index (χ1v) is 8.75. The van der Waals surface area contributed by atoms with E-state index >= 15 is 0 Å². The van der Waals surface area contributed by atoms with E-state index in [-0.39, 0.29) is 24.7 Å². The van der Waals surface area contributed by atoms with Crippen molar-refractivity contribution in [2.24, 2.45) is 0 Å². The zero-order chi connectivity index (χ0) is 20.1. The van der Waals surface area contributed by atoms with Crippen LogP contribution in [0.25, 0.3) is 16.9 Å². The van der Waals surface area contributed by atoms with E-state index in [0.29, 0.717) is 16.9 Å². The maximum atomic E-state index is 13.2. The minimum absolute atomic E-state index is 0.0776. The van der Waals surface area contributed by atoms with Gasteiger partial charge in [0.15, 0.2) is 0 Å². The third kappa shape index (κ3) is 4.43. The predicted octanol–water partition coefficient (Wildman–Crippen LogP) is 3.28. The quantitative estimate of drug-likeness (QED) is 0.665. The summed E-state index contributed by atoms with van der Waals surface area (Å²) >= 11 is 0. The Labute approximate surface area is 161 Å². The monoisotopic (exact) mass is 381 g/mol. The van der Waals surface area contributed by atoms with Crippen molar-refractivity contribution in [2.75, 3.05) is 13.7 Å². The van der Waals surface area contributed by atoms with E-state index < -0.39 is 5.97 Å². The van der Waals surface area contributed by atoms with Crippen molar-refractivity contribution in [1.29, 1.82) is 0 Å². The second kappa shape index (κ2) is 8.47. The summed E-state index contributed by atoms with van der Waals surface area (Å²) in [7, 11) is 1.30. The molecule has 1 amide bonds. The third-order valence-electron chi connectivity index (χ3n) is 4.22. The number of hydrogen-bond donors (Lipinski definition) is 1. The number of carbonyl (C=O) groups excluding carboxylic acids is 2. The van der Waals surface area contributed by atoms with Crippen LogP contribution in [0.1, 0.15) is 22.3 Å². The summed E-state index contributed by atoms with van der Waals surface area (Å²) in [5.41, 5.74) is 3.36. The van der Waals surface area contributed by atoms with Gasteiger partial charge in [-0.2, -0.15) is 5.10 Å². The van der Waals surface area contributed by atoms with Crippen molar-refractivity contribution in [3.05, 3.63) is 71.7 Å². The van der Waals surface area contributed by atoms with Crippen molar-refractivity contribution in [2.45, 2.75) is 13.3 Å². The first kappa shape index (κ1) is 19.3. The third-order valence-corrected chi connectivity index (χ3v) is 4.22. The molecule has 3 aromatic rings. The van der Waals surface area contributed by atoms with E-state index in [0.717, 1.165) is 11.1 Å². The van der Waals surface area contributed by atoms with E-state index in [1.54, 1.807) is 18.3 Å². The molecule has 6 nitrogen and oxygen atoms in total. The summed E-state index contributed by atoms with van der Waals surface area (Å²) in [5, 5.41) is 7.24. The number of amides is 1. The standard InChI is InChI=1S/C21H20FN3O3/c1-14-3-5-15(6-4-14)20-18(21(27)23-12-11-19(26)28-2)13-25(24-20)17-9-7-16(22)8-10-17/h3-10,13H,11-12H2,1-2H3,(H,23,27). The summed E-state index contributed by atoms with van der Waals surface area (Å²) < 4.78 is 19.3. The Balaban J connectivity index is 1.94. The highest BCUT2D eigenvalue weighted by Crippen LogP contribution is 2.24. The largest absolute Gasteiger partial charge is 0.469 e. The Kier molecular flexibility index (Phi) is 5.84. The van der Waals surface area contributed by atoms with Gasteiger partial charge in [-0.05, 0) is 31.2 Å². The van der Waals surface area contributed by atoms with Gasteiger partial charge in [-0.15, -0.1) is 0 Å². The Bertz CT molecular complexity index is 979. The summed E-state index contributed by atoms with van der Waals surface area (Å²) in [6.07, 6.45) is 1.67. The van der Waals surface area contributed by atoms with Crippen molar-refractivity contribution in [1.82, 2.24) is 15.1 Å². The van der Waals surface area contributed by atoms with Gasteiger partial charge >= 0.3 is 5.97 Å². The second-order valence-electron chi connectivity index (χ2n) is 6.26. The molecule has 0 spiro atoms. The summed E-state index contributed by atoms with van der Waals surface area (Å²) in [5.74, 6) is -1.11. The highest BCUT2D eigenvalue weighted by molar-refractivity contribution is 6.00. The number of ether oxygens (including phenoxy) is 1. The van der Waals surface area contributed by atoms with Crippen molar-refractivity contribution < 1.29 is 18.7 Å². The van der Waals surface area contributed by atoms with Gasteiger partial charge in [0, 0.05) is 18.3 Å². The van der Waals surface area contributed by atoms with Crippen LogP contribution in [-0.2, 0) is 9.53 Å². The van der Waals surface area contributed by atoms with Crippen LogP contribution in [0, 0.1) is 12.7 Å². The molecule has 144 valence electrons. The van der Waals surface area contributed by atoms with Crippen LogP contribution in [-0.4, -0.2) is 35.3 Å². The molecule has 0 fully saturated rings.